The fraction of sp³-hybridized carbons (Fsp3) is 0.500. The summed E-state index contributed by atoms with van der Waals surface area (Å²) in [6.07, 6.45) is 3.10. The average molecular weight is 282 g/mol. The topological polar surface area (TPSA) is 53.2 Å². The average Bonchev–Trinajstić information content (AvgIpc) is 2.62. The molecule has 3 N–H and O–H groups in total. The van der Waals surface area contributed by atoms with E-state index in [1.165, 1.54) is 0 Å². The highest BCUT2D eigenvalue weighted by atomic mass is 35.5. The van der Waals surface area contributed by atoms with Crippen LogP contribution in [-0.4, -0.2) is 25.2 Å². The molecule has 19 heavy (non-hydrogen) atoms. The zero-order chi connectivity index (χ0) is 13.7. The molecule has 4 nitrogen and oxygen atoms in total. The van der Waals surface area contributed by atoms with Crippen molar-refractivity contribution in [2.75, 3.05) is 18.4 Å². The molecule has 5 heteroatoms. The normalized spacial score (nSPS) is 19.6. The first-order chi connectivity index (χ1) is 9.15. The van der Waals surface area contributed by atoms with Gasteiger partial charge in [0.2, 0.25) is 0 Å². The van der Waals surface area contributed by atoms with Gasteiger partial charge in [0.15, 0.2) is 0 Å². The maximum absolute atomic E-state index is 11.9. The number of amides is 2. The van der Waals surface area contributed by atoms with Crippen molar-refractivity contribution in [3.63, 3.8) is 0 Å². The number of urea groups is 1. The van der Waals surface area contributed by atoms with Crippen molar-refractivity contribution in [2.24, 2.45) is 0 Å². The van der Waals surface area contributed by atoms with Gasteiger partial charge in [-0.3, -0.25) is 0 Å². The van der Waals surface area contributed by atoms with E-state index in [9.17, 15) is 4.79 Å². The Hall–Kier alpha value is -1.26. The van der Waals surface area contributed by atoms with Gasteiger partial charge in [0.25, 0.3) is 0 Å². The summed E-state index contributed by atoms with van der Waals surface area (Å²) in [6, 6.07) is 5.61. The lowest BCUT2D eigenvalue weighted by Crippen LogP contribution is -2.38. The quantitative estimate of drug-likeness (QED) is 0.781. The molecule has 1 unspecified atom stereocenters. The van der Waals surface area contributed by atoms with E-state index >= 15 is 0 Å². The molecule has 2 amide bonds. The van der Waals surface area contributed by atoms with Crippen LogP contribution in [0.25, 0.3) is 0 Å². The van der Waals surface area contributed by atoms with E-state index < -0.39 is 0 Å². The number of nitrogens with one attached hydrogen (secondary N) is 3. The highest BCUT2D eigenvalue weighted by Crippen LogP contribution is 2.19. The first-order valence-electron chi connectivity index (χ1n) is 6.69. The molecular formula is C14H20ClN3O. The van der Waals surface area contributed by atoms with Crippen molar-refractivity contribution in [2.45, 2.75) is 32.2 Å². The Morgan fingerprint density at radius 3 is 3.00 bits per heavy atom. The van der Waals surface area contributed by atoms with Gasteiger partial charge in [-0.2, -0.15) is 0 Å². The molecule has 2 rings (SSSR count). The van der Waals surface area contributed by atoms with Gasteiger partial charge in [0, 0.05) is 16.8 Å². The molecule has 1 aliphatic heterocycles. The summed E-state index contributed by atoms with van der Waals surface area (Å²) in [5.41, 5.74) is 1.72. The van der Waals surface area contributed by atoms with Crippen molar-refractivity contribution in [1.82, 2.24) is 10.6 Å². The number of carbonyl (C=O) groups is 1. The van der Waals surface area contributed by atoms with E-state index in [1.807, 2.05) is 19.1 Å². The van der Waals surface area contributed by atoms with Gasteiger partial charge in [0.1, 0.15) is 0 Å². The Kier molecular flexibility index (Phi) is 5.05. The van der Waals surface area contributed by atoms with E-state index in [4.69, 9.17) is 11.6 Å². The highest BCUT2D eigenvalue weighted by Gasteiger charge is 2.14. The second-order valence-electron chi connectivity index (χ2n) is 4.94. The summed E-state index contributed by atoms with van der Waals surface area (Å²) in [5, 5.41) is 9.82. The van der Waals surface area contributed by atoms with Crippen molar-refractivity contribution in [3.8, 4) is 0 Å². The number of carbonyl (C=O) groups excluding carboxylic acids is 1. The van der Waals surface area contributed by atoms with E-state index in [0.717, 1.165) is 43.6 Å². The lowest BCUT2D eigenvalue weighted by molar-refractivity contribution is 0.247. The van der Waals surface area contributed by atoms with Crippen molar-refractivity contribution >= 4 is 23.3 Å². The first-order valence-corrected chi connectivity index (χ1v) is 7.07. The number of aryl methyl sites for hydroxylation is 1. The molecule has 104 valence electrons. The van der Waals surface area contributed by atoms with Crippen molar-refractivity contribution < 1.29 is 4.79 Å². The minimum absolute atomic E-state index is 0.160. The molecule has 0 aliphatic carbocycles. The predicted molar refractivity (Wildman–Crippen MR) is 78.9 cm³/mol. The predicted octanol–water partition coefficient (Wildman–Crippen LogP) is 2.91. The summed E-state index contributed by atoms with van der Waals surface area (Å²) in [7, 11) is 0. The number of benzene rings is 1. The molecule has 1 aromatic rings. The second kappa shape index (κ2) is 6.78. The summed E-state index contributed by atoms with van der Waals surface area (Å²) in [4.78, 5) is 11.9. The Morgan fingerprint density at radius 2 is 2.21 bits per heavy atom. The standard InChI is InChI=1S/C14H20ClN3O/c1-10-4-5-12(9-13(10)15)18-14(19)17-11-3-2-7-16-8-6-11/h4-5,9,11,16H,2-3,6-8H2,1H3,(H2,17,18,19). The van der Waals surface area contributed by atoms with Gasteiger partial charge in [-0.15, -0.1) is 0 Å². The van der Waals surface area contributed by atoms with Gasteiger partial charge in [-0.1, -0.05) is 17.7 Å². The Bertz CT molecular complexity index is 442. The minimum atomic E-state index is -0.160. The van der Waals surface area contributed by atoms with E-state index in [2.05, 4.69) is 16.0 Å². The third-order valence-electron chi connectivity index (χ3n) is 3.34. The zero-order valence-electron chi connectivity index (χ0n) is 11.1. The third-order valence-corrected chi connectivity index (χ3v) is 3.75. The van der Waals surface area contributed by atoms with Crippen LogP contribution in [0.4, 0.5) is 10.5 Å². The van der Waals surface area contributed by atoms with Crippen LogP contribution in [0.5, 0.6) is 0 Å². The Labute approximate surface area is 118 Å². The van der Waals surface area contributed by atoms with Crippen LogP contribution in [0, 0.1) is 6.92 Å². The first kappa shape index (κ1) is 14.2. The van der Waals surface area contributed by atoms with Gasteiger partial charge in [0.05, 0.1) is 0 Å². The second-order valence-corrected chi connectivity index (χ2v) is 5.35. The van der Waals surface area contributed by atoms with Crippen LogP contribution in [0.3, 0.4) is 0 Å². The molecule has 1 atom stereocenters. The van der Waals surface area contributed by atoms with Crippen LogP contribution < -0.4 is 16.0 Å². The largest absolute Gasteiger partial charge is 0.335 e. The lowest BCUT2D eigenvalue weighted by Gasteiger charge is -2.16. The molecule has 1 aliphatic rings. The monoisotopic (exact) mass is 281 g/mol. The SMILES string of the molecule is Cc1ccc(NC(=O)NC2CCCNCC2)cc1Cl. The molecule has 0 aromatic heterocycles. The van der Waals surface area contributed by atoms with Gasteiger partial charge in [-0.25, -0.2) is 4.79 Å². The van der Waals surface area contributed by atoms with Gasteiger partial charge < -0.3 is 16.0 Å². The molecule has 1 saturated heterocycles. The van der Waals surface area contributed by atoms with Crippen LogP contribution in [-0.2, 0) is 0 Å². The Balaban J connectivity index is 1.87. The van der Waals surface area contributed by atoms with Crippen molar-refractivity contribution in [3.05, 3.63) is 28.8 Å². The van der Waals surface area contributed by atoms with Crippen molar-refractivity contribution in [1.29, 1.82) is 0 Å². The van der Waals surface area contributed by atoms with Crippen LogP contribution in [0.1, 0.15) is 24.8 Å². The van der Waals surface area contributed by atoms with Crippen LogP contribution >= 0.6 is 11.6 Å². The molecule has 0 radical (unpaired) electrons. The fourth-order valence-electron chi connectivity index (χ4n) is 2.19. The number of hydrogen-bond acceptors (Lipinski definition) is 2. The van der Waals surface area contributed by atoms with E-state index in [1.54, 1.807) is 6.07 Å². The zero-order valence-corrected chi connectivity index (χ0v) is 11.9. The number of rotatable bonds is 2. The molecular weight excluding hydrogens is 262 g/mol. The van der Waals surface area contributed by atoms with E-state index in [-0.39, 0.29) is 12.1 Å². The number of hydrogen-bond donors (Lipinski definition) is 3. The molecule has 0 saturated carbocycles. The summed E-state index contributed by atoms with van der Waals surface area (Å²) in [6.45, 7) is 3.93. The maximum Gasteiger partial charge on any atom is 0.319 e. The smallest absolute Gasteiger partial charge is 0.319 e. The van der Waals surface area contributed by atoms with Crippen LogP contribution in [0.15, 0.2) is 18.2 Å². The van der Waals surface area contributed by atoms with E-state index in [0.29, 0.717) is 5.02 Å². The minimum Gasteiger partial charge on any atom is -0.335 e. The maximum atomic E-state index is 11.9. The number of anilines is 1. The molecule has 1 aromatic carbocycles. The highest BCUT2D eigenvalue weighted by molar-refractivity contribution is 6.31. The summed E-state index contributed by atoms with van der Waals surface area (Å²) in [5.74, 6) is 0. The van der Waals surface area contributed by atoms with Gasteiger partial charge in [-0.05, 0) is 57.0 Å². The fourth-order valence-corrected chi connectivity index (χ4v) is 2.37. The Morgan fingerprint density at radius 1 is 1.37 bits per heavy atom. The molecule has 0 spiro atoms. The lowest BCUT2D eigenvalue weighted by atomic mass is 10.1. The summed E-state index contributed by atoms with van der Waals surface area (Å²) < 4.78 is 0. The third kappa shape index (κ3) is 4.40. The van der Waals surface area contributed by atoms with Crippen LogP contribution in [0.2, 0.25) is 5.02 Å². The molecule has 0 bridgehead atoms. The molecule has 1 heterocycles. The summed E-state index contributed by atoms with van der Waals surface area (Å²) >= 11 is 6.03. The molecule has 1 fully saturated rings. The number of halogens is 1. The van der Waals surface area contributed by atoms with Gasteiger partial charge >= 0.3 is 6.03 Å².